The molecule has 1 aromatic carbocycles. The minimum Gasteiger partial charge on any atom is -0.490 e. The molecule has 0 fully saturated rings. The van der Waals surface area contributed by atoms with Crippen LogP contribution in [-0.2, 0) is 28.4 Å². The SMILES string of the molecule is C#CCOCCOCCOCCOc1ccc(OCCOCCOCCOC)c(C#N)c1C#N. The second kappa shape index (κ2) is 20.7. The first-order valence-corrected chi connectivity index (χ1v) is 10.8. The largest absolute Gasteiger partial charge is 0.490 e. The van der Waals surface area contributed by atoms with Crippen molar-refractivity contribution in [3.05, 3.63) is 23.3 Å². The first kappa shape index (κ1) is 29.2. The van der Waals surface area contributed by atoms with Gasteiger partial charge < -0.3 is 37.9 Å². The van der Waals surface area contributed by atoms with E-state index < -0.39 is 0 Å². The van der Waals surface area contributed by atoms with Crippen molar-refractivity contribution in [3.63, 3.8) is 0 Å². The maximum atomic E-state index is 9.51. The molecular weight excluding hydrogens is 444 g/mol. The smallest absolute Gasteiger partial charge is 0.138 e. The fourth-order valence-corrected chi connectivity index (χ4v) is 2.48. The highest BCUT2D eigenvalue weighted by molar-refractivity contribution is 5.60. The molecule has 0 aliphatic rings. The summed E-state index contributed by atoms with van der Waals surface area (Å²) in [5.41, 5.74) is 0.229. The Balaban J connectivity index is 2.30. The Bertz CT molecular complexity index is 798. The van der Waals surface area contributed by atoms with Gasteiger partial charge in [0.15, 0.2) is 0 Å². The van der Waals surface area contributed by atoms with Crippen LogP contribution in [0.15, 0.2) is 12.1 Å². The van der Waals surface area contributed by atoms with E-state index in [-0.39, 0.29) is 30.9 Å². The van der Waals surface area contributed by atoms with E-state index in [0.29, 0.717) is 77.6 Å². The molecule has 10 heteroatoms. The molecule has 0 atom stereocenters. The Hall–Kier alpha value is -2.88. The summed E-state index contributed by atoms with van der Waals surface area (Å²) >= 11 is 0. The Labute approximate surface area is 201 Å². The van der Waals surface area contributed by atoms with E-state index in [1.807, 2.05) is 12.1 Å². The maximum absolute atomic E-state index is 9.51. The number of nitriles is 2. The lowest BCUT2D eigenvalue weighted by atomic mass is 10.1. The Morgan fingerprint density at radius 1 is 0.618 bits per heavy atom. The Kier molecular flexibility index (Phi) is 17.8. The molecule has 0 spiro atoms. The van der Waals surface area contributed by atoms with Crippen molar-refractivity contribution in [2.45, 2.75) is 0 Å². The molecule has 0 unspecified atom stereocenters. The summed E-state index contributed by atoms with van der Waals surface area (Å²) in [6.07, 6.45) is 5.07. The maximum Gasteiger partial charge on any atom is 0.138 e. The van der Waals surface area contributed by atoms with Gasteiger partial charge in [0.1, 0.15) is 54.6 Å². The summed E-state index contributed by atoms with van der Waals surface area (Å²) in [7, 11) is 1.61. The molecule has 0 radical (unpaired) electrons. The molecule has 10 nitrogen and oxygen atoms in total. The van der Waals surface area contributed by atoms with Crippen LogP contribution in [0.2, 0.25) is 0 Å². The number of rotatable bonds is 21. The minimum absolute atomic E-state index is 0.114. The molecule has 0 aliphatic heterocycles. The topological polar surface area (TPSA) is 121 Å². The van der Waals surface area contributed by atoms with Crippen LogP contribution in [-0.4, -0.2) is 93.0 Å². The van der Waals surface area contributed by atoms with Crippen LogP contribution in [0.1, 0.15) is 11.1 Å². The number of hydrogen-bond acceptors (Lipinski definition) is 10. The Morgan fingerprint density at radius 2 is 1.00 bits per heavy atom. The van der Waals surface area contributed by atoms with Gasteiger partial charge in [-0.3, -0.25) is 0 Å². The summed E-state index contributed by atoms with van der Waals surface area (Å²) in [5.74, 6) is 2.96. The van der Waals surface area contributed by atoms with Gasteiger partial charge in [-0.2, -0.15) is 10.5 Å². The number of nitrogens with zero attached hydrogens (tertiary/aromatic N) is 2. The van der Waals surface area contributed by atoms with Crippen LogP contribution in [0, 0.1) is 35.0 Å². The highest BCUT2D eigenvalue weighted by Crippen LogP contribution is 2.29. The molecule has 1 aromatic rings. The number of benzene rings is 1. The van der Waals surface area contributed by atoms with Crippen molar-refractivity contribution in [1.82, 2.24) is 0 Å². The summed E-state index contributed by atoms with van der Waals surface area (Å²) in [5, 5.41) is 19.0. The Morgan fingerprint density at radius 3 is 1.38 bits per heavy atom. The van der Waals surface area contributed by atoms with Crippen molar-refractivity contribution in [1.29, 1.82) is 10.5 Å². The fraction of sp³-hybridized carbons (Fsp3) is 0.583. The summed E-state index contributed by atoms with van der Waals surface area (Å²) in [4.78, 5) is 0. The van der Waals surface area contributed by atoms with Crippen molar-refractivity contribution >= 4 is 0 Å². The van der Waals surface area contributed by atoms with Crippen molar-refractivity contribution in [2.24, 2.45) is 0 Å². The zero-order valence-corrected chi connectivity index (χ0v) is 19.6. The molecule has 0 saturated carbocycles. The molecule has 0 amide bonds. The van der Waals surface area contributed by atoms with E-state index in [2.05, 4.69) is 5.92 Å². The van der Waals surface area contributed by atoms with Gasteiger partial charge in [-0.25, -0.2) is 0 Å². The van der Waals surface area contributed by atoms with Gasteiger partial charge in [0.05, 0.1) is 66.1 Å². The van der Waals surface area contributed by atoms with E-state index in [0.717, 1.165) is 0 Å². The van der Waals surface area contributed by atoms with Crippen molar-refractivity contribution in [3.8, 4) is 36.0 Å². The molecule has 0 bridgehead atoms. The van der Waals surface area contributed by atoms with Crippen LogP contribution >= 0.6 is 0 Å². The van der Waals surface area contributed by atoms with Crippen molar-refractivity contribution < 1.29 is 37.9 Å². The van der Waals surface area contributed by atoms with E-state index in [4.69, 9.17) is 44.3 Å². The highest BCUT2D eigenvalue weighted by Gasteiger charge is 2.15. The van der Waals surface area contributed by atoms with E-state index in [9.17, 15) is 10.5 Å². The van der Waals surface area contributed by atoms with Crippen LogP contribution in [0.3, 0.4) is 0 Å². The first-order chi connectivity index (χ1) is 16.8. The molecule has 0 aliphatic carbocycles. The predicted octanol–water partition coefficient (Wildman–Crippen LogP) is 1.55. The molecular formula is C24H32N2O8. The summed E-state index contributed by atoms with van der Waals surface area (Å²) in [6, 6.07) is 7.21. The molecule has 1 rings (SSSR count). The van der Waals surface area contributed by atoms with E-state index in [1.165, 1.54) is 0 Å². The zero-order valence-electron chi connectivity index (χ0n) is 19.6. The van der Waals surface area contributed by atoms with Gasteiger partial charge in [0, 0.05) is 7.11 Å². The average Bonchev–Trinajstić information content (AvgIpc) is 2.86. The van der Waals surface area contributed by atoms with Crippen LogP contribution in [0.4, 0.5) is 0 Å². The highest BCUT2D eigenvalue weighted by atomic mass is 16.6. The number of methoxy groups -OCH3 is 1. The summed E-state index contributed by atoms with van der Waals surface area (Å²) < 4.78 is 42.6. The quantitative estimate of drug-likeness (QED) is 0.191. The fourth-order valence-electron chi connectivity index (χ4n) is 2.48. The lowest BCUT2D eigenvalue weighted by Gasteiger charge is -2.13. The third kappa shape index (κ3) is 13.0. The summed E-state index contributed by atoms with van der Waals surface area (Å²) in [6.45, 7) is 4.92. The van der Waals surface area contributed by atoms with Gasteiger partial charge in [-0.15, -0.1) is 6.42 Å². The lowest BCUT2D eigenvalue weighted by molar-refractivity contribution is 0.0141. The van der Waals surface area contributed by atoms with Crippen LogP contribution in [0.5, 0.6) is 11.5 Å². The van der Waals surface area contributed by atoms with Gasteiger partial charge in [-0.1, -0.05) is 5.92 Å². The second-order valence-electron chi connectivity index (χ2n) is 6.43. The zero-order chi connectivity index (χ0) is 24.7. The van der Waals surface area contributed by atoms with Gasteiger partial charge in [-0.05, 0) is 12.1 Å². The van der Waals surface area contributed by atoms with E-state index >= 15 is 0 Å². The molecule has 0 heterocycles. The third-order valence-electron chi connectivity index (χ3n) is 4.06. The van der Waals surface area contributed by atoms with Gasteiger partial charge in [0.25, 0.3) is 0 Å². The number of ether oxygens (including phenoxy) is 8. The standard InChI is InChI=1S/C24H32N2O8/c1-3-6-28-9-10-30-12-14-32-16-18-34-24-5-4-23(21(19-25)22(24)20-26)33-17-15-31-13-11-29-8-7-27-2/h1,4-5H,6-18H2,2H3. The van der Waals surface area contributed by atoms with Gasteiger partial charge in [0.2, 0.25) is 0 Å². The van der Waals surface area contributed by atoms with Gasteiger partial charge >= 0.3 is 0 Å². The first-order valence-electron chi connectivity index (χ1n) is 10.8. The normalized spacial score (nSPS) is 10.3. The van der Waals surface area contributed by atoms with Crippen molar-refractivity contribution in [2.75, 3.05) is 93.0 Å². The molecule has 0 N–H and O–H groups in total. The second-order valence-corrected chi connectivity index (χ2v) is 6.43. The predicted molar refractivity (Wildman–Crippen MR) is 122 cm³/mol. The lowest BCUT2D eigenvalue weighted by Crippen LogP contribution is -2.14. The molecule has 0 saturated heterocycles. The molecule has 34 heavy (non-hydrogen) atoms. The van der Waals surface area contributed by atoms with Crippen LogP contribution < -0.4 is 9.47 Å². The number of terminal acetylenes is 1. The van der Waals surface area contributed by atoms with E-state index in [1.54, 1.807) is 19.2 Å². The average molecular weight is 477 g/mol. The molecule has 186 valence electrons. The minimum atomic E-state index is 0.114. The third-order valence-corrected chi connectivity index (χ3v) is 4.06. The number of hydrogen-bond donors (Lipinski definition) is 0. The van der Waals surface area contributed by atoms with Crippen LogP contribution in [0.25, 0.3) is 0 Å². The monoisotopic (exact) mass is 476 g/mol. The molecule has 0 aromatic heterocycles.